The van der Waals surface area contributed by atoms with Crippen molar-refractivity contribution in [3.63, 3.8) is 0 Å². The third kappa shape index (κ3) is 7.70. The van der Waals surface area contributed by atoms with E-state index in [9.17, 15) is 14.0 Å². The molecule has 2 amide bonds. The summed E-state index contributed by atoms with van der Waals surface area (Å²) in [6.45, 7) is 2.28. The van der Waals surface area contributed by atoms with Gasteiger partial charge in [0, 0.05) is 13.1 Å². The number of ether oxygens (including phenoxy) is 3. The van der Waals surface area contributed by atoms with Gasteiger partial charge >= 0.3 is 0 Å². The molecule has 37 heavy (non-hydrogen) atoms. The van der Waals surface area contributed by atoms with Crippen LogP contribution in [0.25, 0.3) is 0 Å². The van der Waals surface area contributed by atoms with E-state index in [-0.39, 0.29) is 30.6 Å². The van der Waals surface area contributed by atoms with Crippen molar-refractivity contribution in [2.75, 3.05) is 27.9 Å². The number of hydrogen-bond donors (Lipinski definition) is 1. The van der Waals surface area contributed by atoms with Gasteiger partial charge in [-0.2, -0.15) is 0 Å². The third-order valence-corrected chi connectivity index (χ3v) is 6.11. The lowest BCUT2D eigenvalue weighted by atomic mass is 10.1. The molecule has 3 aromatic carbocycles. The molecule has 0 aliphatic rings. The van der Waals surface area contributed by atoms with Crippen molar-refractivity contribution < 1.29 is 28.2 Å². The summed E-state index contributed by atoms with van der Waals surface area (Å²) < 4.78 is 29.2. The smallest absolute Gasteiger partial charge is 0.242 e. The molecule has 0 saturated carbocycles. The van der Waals surface area contributed by atoms with Crippen molar-refractivity contribution in [1.29, 1.82) is 0 Å². The Labute approximate surface area is 217 Å². The number of carbonyl (C=O) groups is 2. The van der Waals surface area contributed by atoms with Crippen molar-refractivity contribution in [2.24, 2.45) is 0 Å². The van der Waals surface area contributed by atoms with Crippen molar-refractivity contribution in [3.05, 3.63) is 89.2 Å². The van der Waals surface area contributed by atoms with E-state index in [2.05, 4.69) is 5.32 Å². The quantitative estimate of drug-likeness (QED) is 0.397. The highest BCUT2D eigenvalue weighted by molar-refractivity contribution is 5.88. The van der Waals surface area contributed by atoms with Crippen molar-refractivity contribution in [3.8, 4) is 17.2 Å². The van der Waals surface area contributed by atoms with Crippen LogP contribution in [0.15, 0.2) is 66.7 Å². The minimum Gasteiger partial charge on any atom is -0.497 e. The lowest BCUT2D eigenvalue weighted by Gasteiger charge is -2.29. The highest BCUT2D eigenvalue weighted by Crippen LogP contribution is 2.28. The summed E-state index contributed by atoms with van der Waals surface area (Å²) in [4.78, 5) is 28.0. The second-order valence-electron chi connectivity index (χ2n) is 8.58. The molecular formula is C29H33FN2O5. The second kappa shape index (κ2) is 13.3. The highest BCUT2D eigenvalue weighted by Gasteiger charge is 2.26. The van der Waals surface area contributed by atoms with Gasteiger partial charge in [0.05, 0.1) is 27.8 Å². The molecule has 0 aromatic heterocycles. The normalized spacial score (nSPS) is 11.4. The van der Waals surface area contributed by atoms with Gasteiger partial charge < -0.3 is 24.4 Å². The van der Waals surface area contributed by atoms with E-state index >= 15 is 0 Å². The lowest BCUT2D eigenvalue weighted by Crippen LogP contribution is -2.48. The highest BCUT2D eigenvalue weighted by atomic mass is 19.1. The SMILES string of the molecule is COc1ccc(CCNC(=O)C(C)N(Cc2ccc(F)cc2)C(=O)Cc2ccc(OC)c(OC)c2)cc1. The van der Waals surface area contributed by atoms with E-state index in [4.69, 9.17) is 14.2 Å². The minimum atomic E-state index is -0.742. The van der Waals surface area contributed by atoms with Crippen LogP contribution in [-0.2, 0) is 29.0 Å². The van der Waals surface area contributed by atoms with E-state index in [0.29, 0.717) is 24.5 Å². The second-order valence-corrected chi connectivity index (χ2v) is 8.58. The Morgan fingerprint density at radius 1 is 0.838 bits per heavy atom. The number of methoxy groups -OCH3 is 3. The maximum Gasteiger partial charge on any atom is 0.242 e. The standard InChI is InChI=1S/C29H33FN2O5/c1-20(29(34)31-16-15-21-7-12-25(35-2)13-8-21)32(19-22-5-10-24(30)11-6-22)28(33)18-23-9-14-26(36-3)27(17-23)37-4/h5-14,17,20H,15-16,18-19H2,1-4H3,(H,31,34). The number of benzene rings is 3. The van der Waals surface area contributed by atoms with Crippen LogP contribution < -0.4 is 19.5 Å². The fraction of sp³-hybridized carbons (Fsp3) is 0.310. The van der Waals surface area contributed by atoms with Crippen LogP contribution in [0, 0.1) is 5.82 Å². The van der Waals surface area contributed by atoms with Crippen molar-refractivity contribution >= 4 is 11.8 Å². The largest absolute Gasteiger partial charge is 0.497 e. The van der Waals surface area contributed by atoms with Gasteiger partial charge in [0.1, 0.15) is 17.6 Å². The zero-order valence-electron chi connectivity index (χ0n) is 21.6. The molecule has 1 unspecified atom stereocenters. The molecule has 0 bridgehead atoms. The number of nitrogens with zero attached hydrogens (tertiary/aromatic N) is 1. The lowest BCUT2D eigenvalue weighted by molar-refractivity contribution is -0.140. The van der Waals surface area contributed by atoms with E-state index in [1.165, 1.54) is 24.1 Å². The predicted molar refractivity (Wildman–Crippen MR) is 139 cm³/mol. The zero-order valence-corrected chi connectivity index (χ0v) is 21.6. The molecule has 0 radical (unpaired) electrons. The summed E-state index contributed by atoms with van der Waals surface area (Å²) in [6.07, 6.45) is 0.699. The molecule has 0 heterocycles. The average molecular weight is 509 g/mol. The first kappa shape index (κ1) is 27.5. The molecule has 0 saturated heterocycles. The molecule has 0 fully saturated rings. The van der Waals surface area contributed by atoms with Crippen molar-refractivity contribution in [2.45, 2.75) is 32.4 Å². The Morgan fingerprint density at radius 2 is 1.46 bits per heavy atom. The Balaban J connectivity index is 1.71. The summed E-state index contributed by atoms with van der Waals surface area (Å²) in [5, 5.41) is 2.93. The number of nitrogens with one attached hydrogen (secondary N) is 1. The molecule has 3 aromatic rings. The summed E-state index contributed by atoms with van der Waals surface area (Å²) >= 11 is 0. The van der Waals surface area contributed by atoms with Crippen LogP contribution in [0.3, 0.4) is 0 Å². The van der Waals surface area contributed by atoms with Gasteiger partial charge in [-0.1, -0.05) is 30.3 Å². The summed E-state index contributed by atoms with van der Waals surface area (Å²) in [5.41, 5.74) is 2.50. The van der Waals surface area contributed by atoms with Gasteiger partial charge in [-0.25, -0.2) is 4.39 Å². The number of rotatable bonds is 12. The predicted octanol–water partition coefficient (Wildman–Crippen LogP) is 4.17. The van der Waals surface area contributed by atoms with E-state index in [1.807, 2.05) is 24.3 Å². The first-order valence-electron chi connectivity index (χ1n) is 12.0. The van der Waals surface area contributed by atoms with E-state index < -0.39 is 6.04 Å². The maximum atomic E-state index is 13.4. The van der Waals surface area contributed by atoms with Crippen LogP contribution >= 0.6 is 0 Å². The first-order chi connectivity index (χ1) is 17.8. The molecule has 1 N–H and O–H groups in total. The van der Waals surface area contributed by atoms with Crippen LogP contribution in [0.4, 0.5) is 4.39 Å². The third-order valence-electron chi connectivity index (χ3n) is 6.11. The monoisotopic (exact) mass is 508 g/mol. The van der Waals surface area contributed by atoms with Gasteiger partial charge in [-0.15, -0.1) is 0 Å². The van der Waals surface area contributed by atoms with Gasteiger partial charge in [-0.05, 0) is 66.4 Å². The summed E-state index contributed by atoms with van der Waals surface area (Å²) in [5.74, 6) is 0.974. The molecule has 1 atom stereocenters. The summed E-state index contributed by atoms with van der Waals surface area (Å²) in [6, 6.07) is 18.1. The minimum absolute atomic E-state index is 0.0605. The fourth-order valence-electron chi connectivity index (χ4n) is 3.91. The van der Waals surface area contributed by atoms with Crippen molar-refractivity contribution in [1.82, 2.24) is 10.2 Å². The van der Waals surface area contributed by atoms with Crippen LogP contribution in [-0.4, -0.2) is 50.6 Å². The van der Waals surface area contributed by atoms with Gasteiger partial charge in [0.25, 0.3) is 0 Å². The average Bonchev–Trinajstić information content (AvgIpc) is 2.92. The summed E-state index contributed by atoms with van der Waals surface area (Å²) in [7, 11) is 4.69. The molecule has 8 heteroatoms. The molecule has 196 valence electrons. The Kier molecular flexibility index (Phi) is 9.89. The van der Waals surface area contributed by atoms with Gasteiger partial charge in [0.2, 0.25) is 11.8 Å². The van der Waals surface area contributed by atoms with Crippen LogP contribution in [0.1, 0.15) is 23.6 Å². The number of halogens is 1. The molecule has 0 aliphatic heterocycles. The van der Waals surface area contributed by atoms with Gasteiger partial charge in [-0.3, -0.25) is 9.59 Å². The molecule has 3 rings (SSSR count). The molecular weight excluding hydrogens is 475 g/mol. The maximum absolute atomic E-state index is 13.4. The van der Waals surface area contributed by atoms with Crippen LogP contribution in [0.2, 0.25) is 0 Å². The number of amides is 2. The Bertz CT molecular complexity index is 1180. The Morgan fingerprint density at radius 3 is 2.08 bits per heavy atom. The number of hydrogen-bond acceptors (Lipinski definition) is 5. The van der Waals surface area contributed by atoms with Crippen LogP contribution in [0.5, 0.6) is 17.2 Å². The fourth-order valence-corrected chi connectivity index (χ4v) is 3.91. The Hall–Kier alpha value is -4.07. The van der Waals surface area contributed by atoms with Gasteiger partial charge in [0.15, 0.2) is 11.5 Å². The zero-order chi connectivity index (χ0) is 26.8. The topological polar surface area (TPSA) is 77.1 Å². The number of carbonyl (C=O) groups excluding carboxylic acids is 2. The molecule has 7 nitrogen and oxygen atoms in total. The van der Waals surface area contributed by atoms with E-state index in [0.717, 1.165) is 22.4 Å². The molecule has 0 aliphatic carbocycles. The van der Waals surface area contributed by atoms with E-state index in [1.54, 1.807) is 51.5 Å². The first-order valence-corrected chi connectivity index (χ1v) is 12.0. The molecule has 0 spiro atoms.